The molecule has 0 saturated heterocycles. The summed E-state index contributed by atoms with van der Waals surface area (Å²) in [6.45, 7) is 5.82. The van der Waals surface area contributed by atoms with E-state index in [4.69, 9.17) is 28.8 Å². The van der Waals surface area contributed by atoms with Crippen LogP contribution in [0.25, 0.3) is 10.8 Å². The van der Waals surface area contributed by atoms with Crippen LogP contribution in [0.3, 0.4) is 0 Å². The Kier molecular flexibility index (Phi) is 12.7. The molecule has 0 radical (unpaired) electrons. The number of ether oxygens (including phenoxy) is 5. The largest absolute Gasteiger partial charge is 0.497 e. The molecular weight excluding hydrogens is 729 g/mol. The van der Waals surface area contributed by atoms with E-state index in [-0.39, 0.29) is 35.8 Å². The first-order chi connectivity index (χ1) is 26.1. The minimum atomic E-state index is -3.64. The number of fused-ring (bicyclic) bond motifs is 1. The molecule has 55 heavy (non-hydrogen) atoms. The normalized spacial score (nSPS) is 11.5. The second-order valence-corrected chi connectivity index (χ2v) is 15.3. The Balaban J connectivity index is 1.33. The van der Waals surface area contributed by atoms with Gasteiger partial charge in [0.05, 0.1) is 44.1 Å². The molecule has 2 amide bonds. The Hall–Kier alpha value is -6.06. The number of nitrogens with zero attached hydrogens (tertiary/aromatic N) is 1. The van der Waals surface area contributed by atoms with E-state index in [2.05, 4.69) is 20.3 Å². The Bertz CT molecular complexity index is 2290. The summed E-state index contributed by atoms with van der Waals surface area (Å²) in [4.78, 5) is 28.7. The molecule has 0 aliphatic heterocycles. The van der Waals surface area contributed by atoms with Crippen molar-refractivity contribution >= 4 is 49.9 Å². The fourth-order valence-corrected chi connectivity index (χ4v) is 6.21. The molecule has 0 fully saturated rings. The van der Waals surface area contributed by atoms with Gasteiger partial charge < -0.3 is 39.4 Å². The van der Waals surface area contributed by atoms with Crippen molar-refractivity contribution in [2.45, 2.75) is 32.6 Å². The van der Waals surface area contributed by atoms with E-state index in [0.717, 1.165) is 33.8 Å². The van der Waals surface area contributed by atoms with Crippen molar-refractivity contribution in [3.63, 3.8) is 0 Å². The van der Waals surface area contributed by atoms with Crippen LogP contribution in [0.4, 0.5) is 21.9 Å². The minimum Gasteiger partial charge on any atom is -0.497 e. The van der Waals surface area contributed by atoms with Gasteiger partial charge in [-0.25, -0.2) is 18.0 Å². The fraction of sp³-hybridized carbons (Fsp3) is 0.275. The molecule has 1 heterocycles. The molecule has 5 rings (SSSR count). The first-order valence-corrected chi connectivity index (χ1v) is 19.0. The number of rotatable bonds is 16. The number of carbonyl (C=O) groups is 2. The highest BCUT2D eigenvalue weighted by Crippen LogP contribution is 2.40. The van der Waals surface area contributed by atoms with Gasteiger partial charge in [0, 0.05) is 41.2 Å². The van der Waals surface area contributed by atoms with E-state index in [1.807, 2.05) is 63.2 Å². The number of hydrogen-bond donors (Lipinski definition) is 4. The number of aliphatic carboxylic acids is 1. The predicted octanol–water partition coefficient (Wildman–Crippen LogP) is 7.43. The first-order valence-electron chi connectivity index (χ1n) is 17.1. The number of pyridine rings is 1. The van der Waals surface area contributed by atoms with E-state index < -0.39 is 28.6 Å². The Morgan fingerprint density at radius 2 is 1.51 bits per heavy atom. The Labute approximate surface area is 319 Å². The quantitative estimate of drug-likeness (QED) is 0.0732. The van der Waals surface area contributed by atoms with Crippen LogP contribution < -0.4 is 34.3 Å². The van der Waals surface area contributed by atoms with Gasteiger partial charge in [-0.3, -0.25) is 9.71 Å². The number of hydrogen-bond acceptors (Lipinski definition) is 10. The highest BCUT2D eigenvalue weighted by molar-refractivity contribution is 7.92. The lowest BCUT2D eigenvalue weighted by molar-refractivity contribution is -0.142. The van der Waals surface area contributed by atoms with Gasteiger partial charge in [0.1, 0.15) is 36.2 Å². The minimum absolute atomic E-state index is 0.119. The molecule has 0 aliphatic rings. The number of carboxylic acids is 1. The summed E-state index contributed by atoms with van der Waals surface area (Å²) in [6, 6.07) is 22.9. The molecule has 0 spiro atoms. The third-order valence-corrected chi connectivity index (χ3v) is 8.72. The standard InChI is InChI=1S/C40H44N4O10S/c1-40(2,3)26-20-34(38(51-5)35(21-26)44-55(6,48)49)43-39(47)42-33-11-12-36(32-10-8-7-9-31(32)33)54-28-13-14-41-27(22-28)17-25-18-29(50-4)23-30(19-25)53-16-15-52-24-37(45)46/h7-14,18-23,44H,15-17,24H2,1-6H3,(H,45,46)(H2,42,43,47). The van der Waals surface area contributed by atoms with Crippen molar-refractivity contribution in [3.8, 4) is 28.7 Å². The second kappa shape index (κ2) is 17.4. The molecular formula is C40H44N4O10S. The van der Waals surface area contributed by atoms with E-state index >= 15 is 0 Å². The molecule has 0 saturated carbocycles. The fourth-order valence-electron chi connectivity index (χ4n) is 5.66. The zero-order valence-corrected chi connectivity index (χ0v) is 32.2. The molecule has 4 aromatic carbocycles. The lowest BCUT2D eigenvalue weighted by atomic mass is 9.86. The highest BCUT2D eigenvalue weighted by Gasteiger charge is 2.22. The monoisotopic (exact) mass is 772 g/mol. The smallest absolute Gasteiger partial charge is 0.329 e. The van der Waals surface area contributed by atoms with Gasteiger partial charge in [0.15, 0.2) is 5.75 Å². The summed E-state index contributed by atoms with van der Waals surface area (Å²) in [6.07, 6.45) is 3.14. The summed E-state index contributed by atoms with van der Waals surface area (Å²) >= 11 is 0. The van der Waals surface area contributed by atoms with Crippen LogP contribution in [0.1, 0.15) is 37.6 Å². The van der Waals surface area contributed by atoms with Gasteiger partial charge in [-0.1, -0.05) is 45.0 Å². The van der Waals surface area contributed by atoms with Crippen LogP contribution >= 0.6 is 0 Å². The molecule has 0 unspecified atom stereocenters. The summed E-state index contributed by atoms with van der Waals surface area (Å²) in [5, 5.41) is 16.0. The summed E-state index contributed by atoms with van der Waals surface area (Å²) in [5.74, 6) is 1.35. The van der Waals surface area contributed by atoms with E-state index in [1.54, 1.807) is 49.7 Å². The maximum absolute atomic E-state index is 13.5. The van der Waals surface area contributed by atoms with Crippen molar-refractivity contribution in [1.29, 1.82) is 0 Å². The Morgan fingerprint density at radius 3 is 2.20 bits per heavy atom. The van der Waals surface area contributed by atoms with E-state index in [1.165, 1.54) is 7.11 Å². The molecule has 0 atom stereocenters. The van der Waals surface area contributed by atoms with Crippen LogP contribution in [0, 0.1) is 0 Å². The van der Waals surface area contributed by atoms with Crippen molar-refractivity contribution in [1.82, 2.24) is 4.98 Å². The molecule has 5 aromatic rings. The molecule has 0 bridgehead atoms. The topological polar surface area (TPSA) is 184 Å². The maximum Gasteiger partial charge on any atom is 0.329 e. The molecule has 14 nitrogen and oxygen atoms in total. The number of aromatic nitrogens is 1. The number of nitrogens with one attached hydrogen (secondary N) is 3. The number of urea groups is 1. The van der Waals surface area contributed by atoms with Crippen molar-refractivity contribution < 1.29 is 46.8 Å². The van der Waals surface area contributed by atoms with Gasteiger partial charge in [0.25, 0.3) is 0 Å². The highest BCUT2D eigenvalue weighted by atomic mass is 32.2. The second-order valence-electron chi connectivity index (χ2n) is 13.5. The van der Waals surface area contributed by atoms with E-state index in [9.17, 15) is 18.0 Å². The number of carboxylic acid groups (broad SMARTS) is 1. The number of benzene rings is 4. The van der Waals surface area contributed by atoms with Gasteiger partial charge in [0.2, 0.25) is 10.0 Å². The van der Waals surface area contributed by atoms with Crippen molar-refractivity contribution in [2.24, 2.45) is 0 Å². The Morgan fingerprint density at radius 1 is 0.800 bits per heavy atom. The van der Waals surface area contributed by atoms with Crippen molar-refractivity contribution in [3.05, 3.63) is 102 Å². The van der Waals surface area contributed by atoms with Gasteiger partial charge in [-0.15, -0.1) is 0 Å². The first kappa shape index (κ1) is 40.1. The average molecular weight is 773 g/mol. The summed E-state index contributed by atoms with van der Waals surface area (Å²) in [5.41, 5.74) is 3.01. The number of sulfonamides is 1. The number of amides is 2. The van der Waals surface area contributed by atoms with Crippen LogP contribution in [0.5, 0.6) is 28.7 Å². The lowest BCUT2D eigenvalue weighted by Gasteiger charge is -2.24. The maximum atomic E-state index is 13.5. The van der Waals surface area contributed by atoms with Crippen LogP contribution in [-0.4, -0.2) is 70.8 Å². The SMILES string of the molecule is COc1cc(Cc2cc(Oc3ccc(NC(=O)Nc4cc(C(C)(C)C)cc(NS(C)(=O)=O)c4OC)c4ccccc34)ccn2)cc(OCCOCC(=O)O)c1. The third-order valence-electron chi connectivity index (χ3n) is 8.13. The van der Waals surface area contributed by atoms with Crippen molar-refractivity contribution in [2.75, 3.05) is 55.7 Å². The molecule has 0 aliphatic carbocycles. The van der Waals surface area contributed by atoms with Crippen LogP contribution in [-0.2, 0) is 31.4 Å². The van der Waals surface area contributed by atoms with Crippen LogP contribution in [0.2, 0.25) is 0 Å². The predicted molar refractivity (Wildman–Crippen MR) is 211 cm³/mol. The van der Waals surface area contributed by atoms with Gasteiger partial charge in [-0.2, -0.15) is 0 Å². The average Bonchev–Trinajstić information content (AvgIpc) is 3.11. The molecule has 290 valence electrons. The third kappa shape index (κ3) is 11.2. The van der Waals surface area contributed by atoms with E-state index in [0.29, 0.717) is 35.1 Å². The number of carbonyl (C=O) groups excluding carboxylic acids is 1. The molecule has 1 aromatic heterocycles. The van der Waals surface area contributed by atoms with Crippen LogP contribution in [0.15, 0.2) is 85.1 Å². The summed E-state index contributed by atoms with van der Waals surface area (Å²) in [7, 11) is -0.685. The summed E-state index contributed by atoms with van der Waals surface area (Å²) < 4.78 is 55.0. The molecule has 15 heteroatoms. The zero-order chi connectivity index (χ0) is 39.8. The number of methoxy groups -OCH3 is 2. The van der Waals surface area contributed by atoms with Gasteiger partial charge >= 0.3 is 12.0 Å². The zero-order valence-electron chi connectivity index (χ0n) is 31.4. The van der Waals surface area contributed by atoms with Gasteiger partial charge in [-0.05, 0) is 59.0 Å². The lowest BCUT2D eigenvalue weighted by Crippen LogP contribution is -2.22. The number of anilines is 3. The molecule has 4 N–H and O–H groups in total.